The topological polar surface area (TPSA) is 46.0 Å². The number of amidine groups is 2. The van der Waals surface area contributed by atoms with Crippen LogP contribution >= 0.6 is 0 Å². The molecule has 254 valence electrons. The van der Waals surface area contributed by atoms with Crippen molar-refractivity contribution in [2.45, 2.75) is 11.6 Å². The summed E-state index contributed by atoms with van der Waals surface area (Å²) in [6.07, 6.45) is -0.381. The first-order valence-electron chi connectivity index (χ1n) is 18.4. The lowest BCUT2D eigenvalue weighted by Crippen LogP contribution is -2.36. The van der Waals surface area contributed by atoms with Gasteiger partial charge in [-0.05, 0) is 74.0 Å². The van der Waals surface area contributed by atoms with Crippen molar-refractivity contribution in [3.05, 3.63) is 227 Å². The van der Waals surface area contributed by atoms with Crippen LogP contribution in [-0.2, 0) is 5.41 Å². The van der Waals surface area contributed by atoms with E-state index >= 15 is 0 Å². The number of aliphatic imine (C=N–C) groups is 2. The van der Waals surface area contributed by atoms with Gasteiger partial charge in [0.1, 0.15) is 23.2 Å². The third kappa shape index (κ3) is 4.56. The lowest BCUT2D eigenvalue weighted by molar-refractivity contribution is 0.436. The maximum absolute atomic E-state index is 6.56. The normalized spacial score (nSPS) is 15.9. The fourth-order valence-corrected chi connectivity index (χ4v) is 8.83. The van der Waals surface area contributed by atoms with Gasteiger partial charge in [0, 0.05) is 22.3 Å². The first-order valence-corrected chi connectivity index (χ1v) is 18.4. The van der Waals surface area contributed by atoms with E-state index in [4.69, 9.17) is 14.7 Å². The van der Waals surface area contributed by atoms with Crippen molar-refractivity contribution in [3.63, 3.8) is 0 Å². The minimum absolute atomic E-state index is 0.381. The lowest BCUT2D eigenvalue weighted by Gasteiger charge is -2.39. The number of ether oxygens (including phenoxy) is 1. The van der Waals surface area contributed by atoms with Crippen molar-refractivity contribution in [2.75, 3.05) is 0 Å². The average molecular weight is 692 g/mol. The monoisotopic (exact) mass is 691 g/mol. The molecule has 1 atom stereocenters. The number of rotatable bonds is 4. The summed E-state index contributed by atoms with van der Waals surface area (Å²) in [6.45, 7) is 0. The van der Waals surface area contributed by atoms with Crippen molar-refractivity contribution >= 4 is 22.4 Å². The zero-order valence-electron chi connectivity index (χ0n) is 29.3. The van der Waals surface area contributed by atoms with Gasteiger partial charge >= 0.3 is 0 Å². The predicted molar refractivity (Wildman–Crippen MR) is 219 cm³/mol. The molecule has 1 unspecified atom stereocenters. The Morgan fingerprint density at radius 1 is 0.426 bits per heavy atom. The smallest absolute Gasteiger partial charge is 0.169 e. The Morgan fingerprint density at radius 2 is 1.00 bits per heavy atom. The molecule has 0 radical (unpaired) electrons. The van der Waals surface area contributed by atoms with Crippen LogP contribution in [0.15, 0.2) is 198 Å². The number of nitrogens with one attached hydrogen (secondary N) is 1. The SMILES string of the molecule is c1ccc(C2N=C(c3cccc(-c4cccc5c4-c4ccccc4C54c5ccccc5Oc5ccccc54)c3)NC(c3ccc4ccccc4c3)=N2)cc1. The van der Waals surface area contributed by atoms with Crippen molar-refractivity contribution in [3.8, 4) is 33.8 Å². The van der Waals surface area contributed by atoms with Gasteiger partial charge < -0.3 is 10.1 Å². The number of hydrogen-bond acceptors (Lipinski definition) is 4. The molecule has 4 heteroatoms. The number of hydrogen-bond donors (Lipinski definition) is 1. The number of fused-ring (bicyclic) bond motifs is 10. The second-order valence-corrected chi connectivity index (χ2v) is 14.1. The van der Waals surface area contributed by atoms with Gasteiger partial charge in [0.2, 0.25) is 0 Å². The van der Waals surface area contributed by atoms with Crippen molar-refractivity contribution in [1.82, 2.24) is 5.32 Å². The van der Waals surface area contributed by atoms with Crippen LogP contribution in [0.3, 0.4) is 0 Å². The van der Waals surface area contributed by atoms with Crippen LogP contribution in [0.4, 0.5) is 0 Å². The molecule has 0 saturated carbocycles. The Labute approximate surface area is 313 Å². The molecule has 11 rings (SSSR count). The van der Waals surface area contributed by atoms with Crippen molar-refractivity contribution in [1.29, 1.82) is 0 Å². The molecule has 0 amide bonds. The van der Waals surface area contributed by atoms with Crippen molar-refractivity contribution < 1.29 is 4.74 Å². The van der Waals surface area contributed by atoms with Gasteiger partial charge in [-0.25, -0.2) is 9.98 Å². The number of para-hydroxylation sites is 2. The molecule has 0 saturated heterocycles. The quantitative estimate of drug-likeness (QED) is 0.200. The van der Waals surface area contributed by atoms with Crippen LogP contribution < -0.4 is 10.1 Å². The van der Waals surface area contributed by atoms with Gasteiger partial charge in [-0.2, -0.15) is 0 Å². The fourth-order valence-electron chi connectivity index (χ4n) is 8.83. The van der Waals surface area contributed by atoms with E-state index < -0.39 is 5.41 Å². The molecule has 8 aromatic carbocycles. The summed E-state index contributed by atoms with van der Waals surface area (Å²) in [5, 5.41) is 6.02. The predicted octanol–water partition coefficient (Wildman–Crippen LogP) is 11.5. The zero-order valence-corrected chi connectivity index (χ0v) is 29.3. The van der Waals surface area contributed by atoms with E-state index in [1.165, 1.54) is 38.6 Å². The number of benzene rings is 8. The largest absolute Gasteiger partial charge is 0.457 e. The lowest BCUT2D eigenvalue weighted by atomic mass is 9.66. The fraction of sp³-hybridized carbons (Fsp3) is 0.0400. The van der Waals surface area contributed by atoms with Crippen LogP contribution in [0.5, 0.6) is 11.5 Å². The summed E-state index contributed by atoms with van der Waals surface area (Å²) in [4.78, 5) is 10.4. The summed E-state index contributed by atoms with van der Waals surface area (Å²) in [7, 11) is 0. The van der Waals surface area contributed by atoms with E-state index in [1.807, 2.05) is 18.2 Å². The molecular formula is C50H33N3O. The molecule has 1 spiro atoms. The summed E-state index contributed by atoms with van der Waals surface area (Å²) in [5.41, 5.74) is 12.2. The van der Waals surface area contributed by atoms with E-state index in [1.54, 1.807) is 0 Å². The molecule has 54 heavy (non-hydrogen) atoms. The Bertz CT molecular complexity index is 2810. The third-order valence-electron chi connectivity index (χ3n) is 11.2. The summed E-state index contributed by atoms with van der Waals surface area (Å²) in [5.74, 6) is 3.38. The Hall–Kier alpha value is -7.04. The van der Waals surface area contributed by atoms with Gasteiger partial charge in [0.05, 0.1) is 5.41 Å². The van der Waals surface area contributed by atoms with E-state index in [-0.39, 0.29) is 6.17 Å². The highest BCUT2D eigenvalue weighted by atomic mass is 16.5. The van der Waals surface area contributed by atoms with Gasteiger partial charge in [0.25, 0.3) is 0 Å². The van der Waals surface area contributed by atoms with Crippen LogP contribution in [0.2, 0.25) is 0 Å². The second kappa shape index (κ2) is 12.0. The highest BCUT2D eigenvalue weighted by molar-refractivity contribution is 6.17. The first kappa shape index (κ1) is 30.6. The maximum atomic E-state index is 6.56. The summed E-state index contributed by atoms with van der Waals surface area (Å²) < 4.78 is 6.56. The standard InChI is InChI=1S/C50H33N3O/c1-2-15-33(16-3-1)47-51-48(53-49(52-47)37-29-28-32-14-4-5-17-34(32)30-37)36-19-12-18-35(31-36)38-21-13-25-43-46(38)39-20-6-7-22-40(39)50(43)41-23-8-10-26-44(41)54-45-27-11-9-24-42(45)50/h1-31,47H,(H,51,52,53). The van der Waals surface area contributed by atoms with E-state index in [9.17, 15) is 0 Å². The molecule has 8 aromatic rings. The second-order valence-electron chi connectivity index (χ2n) is 14.1. The van der Waals surface area contributed by atoms with E-state index in [0.29, 0.717) is 0 Å². The number of nitrogens with zero attached hydrogens (tertiary/aromatic N) is 2. The minimum Gasteiger partial charge on any atom is -0.457 e. The van der Waals surface area contributed by atoms with Crippen molar-refractivity contribution in [2.24, 2.45) is 9.98 Å². The molecule has 0 aromatic heterocycles. The Kier molecular flexibility index (Phi) is 6.80. The van der Waals surface area contributed by atoms with Gasteiger partial charge in [-0.3, -0.25) is 0 Å². The van der Waals surface area contributed by atoms with Crippen LogP contribution in [0.25, 0.3) is 33.0 Å². The molecule has 1 aliphatic carbocycles. The molecule has 2 heterocycles. The highest BCUT2D eigenvalue weighted by Gasteiger charge is 2.51. The maximum Gasteiger partial charge on any atom is 0.169 e. The Morgan fingerprint density at radius 3 is 1.78 bits per heavy atom. The highest BCUT2D eigenvalue weighted by Crippen LogP contribution is 2.63. The Balaban J connectivity index is 1.07. The molecule has 2 aliphatic heterocycles. The molecule has 4 nitrogen and oxygen atoms in total. The molecule has 3 aliphatic rings. The summed E-state index contributed by atoms with van der Waals surface area (Å²) >= 11 is 0. The molecular weight excluding hydrogens is 659 g/mol. The summed E-state index contributed by atoms with van der Waals surface area (Å²) in [6, 6.07) is 66.7. The van der Waals surface area contributed by atoms with Crippen LogP contribution in [0.1, 0.15) is 45.1 Å². The van der Waals surface area contributed by atoms with Crippen LogP contribution in [0, 0.1) is 0 Å². The molecule has 0 fully saturated rings. The van der Waals surface area contributed by atoms with Gasteiger partial charge in [-0.1, -0.05) is 164 Å². The van der Waals surface area contributed by atoms with Gasteiger partial charge in [0.15, 0.2) is 6.17 Å². The average Bonchev–Trinajstić information content (AvgIpc) is 3.54. The molecule has 1 N–H and O–H groups in total. The molecule has 0 bridgehead atoms. The third-order valence-corrected chi connectivity index (χ3v) is 11.2. The zero-order chi connectivity index (χ0) is 35.6. The minimum atomic E-state index is -0.520. The van der Waals surface area contributed by atoms with Gasteiger partial charge in [-0.15, -0.1) is 0 Å². The van der Waals surface area contributed by atoms with Crippen LogP contribution in [-0.4, -0.2) is 11.7 Å². The first-order chi connectivity index (χ1) is 26.8. The van der Waals surface area contributed by atoms with E-state index in [2.05, 4.69) is 175 Å². The van der Waals surface area contributed by atoms with E-state index in [0.717, 1.165) is 56.6 Å².